The van der Waals surface area contributed by atoms with Crippen molar-refractivity contribution in [2.24, 2.45) is 0 Å². The number of carbonyl (C=O) groups is 1. The van der Waals surface area contributed by atoms with E-state index in [1.807, 2.05) is 6.07 Å². The van der Waals surface area contributed by atoms with E-state index in [4.69, 9.17) is 10.00 Å². The number of nitrogens with zero attached hydrogens (tertiary/aromatic N) is 1. The average molecular weight is 502 g/mol. The Labute approximate surface area is 198 Å². The first-order valence-electron chi connectivity index (χ1n) is 9.92. The van der Waals surface area contributed by atoms with Crippen LogP contribution >= 0.6 is 15.9 Å². The number of anilines is 3. The number of carbonyl (C=O) groups excluding carboxylic acids is 1. The molecule has 4 aromatic carbocycles. The summed E-state index contributed by atoms with van der Waals surface area (Å²) >= 11 is 3.13. The van der Waals surface area contributed by atoms with Gasteiger partial charge in [0.15, 0.2) is 0 Å². The van der Waals surface area contributed by atoms with Crippen LogP contribution in [-0.2, 0) is 0 Å². The van der Waals surface area contributed by atoms with Crippen molar-refractivity contribution in [3.05, 3.63) is 112 Å². The number of benzene rings is 4. The first kappa shape index (κ1) is 22.1. The third-order valence-electron chi connectivity index (χ3n) is 4.67. The number of nitriles is 1. The summed E-state index contributed by atoms with van der Waals surface area (Å²) in [4.78, 5) is 12.7. The molecule has 4 aromatic rings. The van der Waals surface area contributed by atoms with Gasteiger partial charge in [-0.2, -0.15) is 5.26 Å². The quantitative estimate of drug-likeness (QED) is 0.291. The van der Waals surface area contributed by atoms with Gasteiger partial charge in [-0.15, -0.1) is 0 Å². The number of rotatable bonds is 6. The molecular formula is C26H17BrFN3O2. The van der Waals surface area contributed by atoms with Gasteiger partial charge in [0.2, 0.25) is 0 Å². The lowest BCUT2D eigenvalue weighted by atomic mass is 10.1. The molecule has 0 atom stereocenters. The zero-order valence-electron chi connectivity index (χ0n) is 17.2. The van der Waals surface area contributed by atoms with Crippen molar-refractivity contribution in [3.63, 3.8) is 0 Å². The standard InChI is InChI=1S/C26H17BrFN3O2/c27-24-15-23(12-13-25(24)28)33-22-10-8-20(9-11-22)31-26(32)18-2-1-3-21(14-18)30-19-6-4-17(16-29)5-7-19/h1-15,30H,(H,31,32). The lowest BCUT2D eigenvalue weighted by Gasteiger charge is -2.10. The highest BCUT2D eigenvalue weighted by Gasteiger charge is 2.08. The number of halogens is 2. The summed E-state index contributed by atoms with van der Waals surface area (Å²) in [5, 5.41) is 15.0. The van der Waals surface area contributed by atoms with Crippen molar-refractivity contribution < 1.29 is 13.9 Å². The molecule has 0 fully saturated rings. The van der Waals surface area contributed by atoms with Gasteiger partial charge >= 0.3 is 0 Å². The van der Waals surface area contributed by atoms with E-state index in [9.17, 15) is 9.18 Å². The second kappa shape index (κ2) is 9.98. The Morgan fingerprint density at radius 3 is 2.24 bits per heavy atom. The van der Waals surface area contributed by atoms with E-state index in [1.54, 1.807) is 72.8 Å². The summed E-state index contributed by atoms with van der Waals surface area (Å²) < 4.78 is 19.4. The molecule has 0 heterocycles. The molecule has 0 aromatic heterocycles. The highest BCUT2D eigenvalue weighted by Crippen LogP contribution is 2.27. The van der Waals surface area contributed by atoms with Crippen molar-refractivity contribution >= 4 is 38.9 Å². The van der Waals surface area contributed by atoms with E-state index in [-0.39, 0.29) is 11.7 Å². The maximum atomic E-state index is 13.4. The van der Waals surface area contributed by atoms with Crippen LogP contribution in [0.4, 0.5) is 21.5 Å². The van der Waals surface area contributed by atoms with Crippen molar-refractivity contribution in [2.75, 3.05) is 10.6 Å². The Morgan fingerprint density at radius 1 is 0.848 bits per heavy atom. The minimum absolute atomic E-state index is 0.255. The predicted octanol–water partition coefficient (Wildman–Crippen LogP) is 7.25. The number of amides is 1. The molecule has 0 aliphatic carbocycles. The maximum Gasteiger partial charge on any atom is 0.255 e. The first-order chi connectivity index (χ1) is 16.0. The van der Waals surface area contributed by atoms with Gasteiger partial charge in [0, 0.05) is 22.6 Å². The third kappa shape index (κ3) is 5.76. The fourth-order valence-electron chi connectivity index (χ4n) is 3.02. The summed E-state index contributed by atoms with van der Waals surface area (Å²) in [5.41, 5.74) is 3.25. The van der Waals surface area contributed by atoms with Gasteiger partial charge in [0.25, 0.3) is 5.91 Å². The second-order valence-electron chi connectivity index (χ2n) is 7.05. The molecule has 162 valence electrons. The number of hydrogen-bond donors (Lipinski definition) is 2. The molecule has 0 saturated carbocycles. The Hall–Kier alpha value is -4.15. The molecule has 33 heavy (non-hydrogen) atoms. The molecule has 0 bridgehead atoms. The Bertz CT molecular complexity index is 1330. The summed E-state index contributed by atoms with van der Waals surface area (Å²) in [6.45, 7) is 0. The summed E-state index contributed by atoms with van der Waals surface area (Å²) in [5.74, 6) is 0.429. The van der Waals surface area contributed by atoms with E-state index in [1.165, 1.54) is 12.1 Å². The van der Waals surface area contributed by atoms with E-state index in [0.717, 1.165) is 11.4 Å². The van der Waals surface area contributed by atoms with Crippen LogP contribution in [-0.4, -0.2) is 5.91 Å². The van der Waals surface area contributed by atoms with E-state index < -0.39 is 0 Å². The Kier molecular flexibility index (Phi) is 6.67. The molecule has 0 unspecified atom stereocenters. The summed E-state index contributed by atoms with van der Waals surface area (Å²) in [7, 11) is 0. The minimum atomic E-state index is -0.364. The smallest absolute Gasteiger partial charge is 0.255 e. The molecule has 0 saturated heterocycles. The van der Waals surface area contributed by atoms with Crippen molar-refractivity contribution in [1.82, 2.24) is 0 Å². The van der Waals surface area contributed by atoms with Crippen LogP contribution in [0.2, 0.25) is 0 Å². The minimum Gasteiger partial charge on any atom is -0.457 e. The van der Waals surface area contributed by atoms with Gasteiger partial charge in [-0.1, -0.05) is 6.07 Å². The van der Waals surface area contributed by atoms with Crippen molar-refractivity contribution in [1.29, 1.82) is 5.26 Å². The Balaban J connectivity index is 1.40. The fourth-order valence-corrected chi connectivity index (χ4v) is 3.38. The van der Waals surface area contributed by atoms with Crippen LogP contribution in [0.3, 0.4) is 0 Å². The van der Waals surface area contributed by atoms with Crippen LogP contribution in [0.5, 0.6) is 11.5 Å². The van der Waals surface area contributed by atoms with E-state index in [0.29, 0.717) is 32.8 Å². The molecule has 0 radical (unpaired) electrons. The van der Waals surface area contributed by atoms with Crippen LogP contribution in [0.15, 0.2) is 95.5 Å². The molecule has 4 rings (SSSR count). The molecule has 2 N–H and O–H groups in total. The molecule has 5 nitrogen and oxygen atoms in total. The highest BCUT2D eigenvalue weighted by molar-refractivity contribution is 9.10. The topological polar surface area (TPSA) is 74.2 Å². The van der Waals surface area contributed by atoms with Crippen molar-refractivity contribution in [3.8, 4) is 17.6 Å². The molecular weight excluding hydrogens is 485 g/mol. The van der Waals surface area contributed by atoms with Crippen molar-refractivity contribution in [2.45, 2.75) is 0 Å². The fraction of sp³-hybridized carbons (Fsp3) is 0. The van der Waals surface area contributed by atoms with Gasteiger partial charge < -0.3 is 15.4 Å². The monoisotopic (exact) mass is 501 g/mol. The van der Waals surface area contributed by atoms with E-state index in [2.05, 4.69) is 32.6 Å². The molecule has 1 amide bonds. The Morgan fingerprint density at radius 2 is 1.55 bits per heavy atom. The molecule has 0 spiro atoms. The van der Waals surface area contributed by atoms with Gasteiger partial charge in [-0.3, -0.25) is 4.79 Å². The van der Waals surface area contributed by atoms with Crippen LogP contribution in [0.1, 0.15) is 15.9 Å². The zero-order chi connectivity index (χ0) is 23.2. The predicted molar refractivity (Wildman–Crippen MR) is 129 cm³/mol. The molecule has 0 aliphatic heterocycles. The normalized spacial score (nSPS) is 10.2. The van der Waals surface area contributed by atoms with Crippen LogP contribution in [0, 0.1) is 17.1 Å². The lowest BCUT2D eigenvalue weighted by molar-refractivity contribution is 0.102. The van der Waals surface area contributed by atoms with Gasteiger partial charge in [-0.25, -0.2) is 4.39 Å². The second-order valence-corrected chi connectivity index (χ2v) is 7.91. The summed E-state index contributed by atoms with van der Waals surface area (Å²) in [6, 6.07) is 27.5. The van der Waals surface area contributed by atoms with Gasteiger partial charge in [0.05, 0.1) is 16.1 Å². The first-order valence-corrected chi connectivity index (χ1v) is 10.7. The largest absolute Gasteiger partial charge is 0.457 e. The van der Waals surface area contributed by atoms with Gasteiger partial charge in [0.1, 0.15) is 17.3 Å². The zero-order valence-corrected chi connectivity index (χ0v) is 18.8. The average Bonchev–Trinajstić information content (AvgIpc) is 2.83. The maximum absolute atomic E-state index is 13.4. The van der Waals surface area contributed by atoms with Crippen LogP contribution < -0.4 is 15.4 Å². The summed E-state index contributed by atoms with van der Waals surface area (Å²) in [6.07, 6.45) is 0. The van der Waals surface area contributed by atoms with Crippen LogP contribution in [0.25, 0.3) is 0 Å². The SMILES string of the molecule is N#Cc1ccc(Nc2cccc(C(=O)Nc3ccc(Oc4ccc(F)c(Br)c4)cc3)c2)cc1. The van der Waals surface area contributed by atoms with E-state index >= 15 is 0 Å². The third-order valence-corrected chi connectivity index (χ3v) is 5.27. The molecule has 0 aliphatic rings. The van der Waals surface area contributed by atoms with Gasteiger partial charge in [-0.05, 0) is 101 Å². The number of ether oxygens (including phenoxy) is 1. The molecule has 7 heteroatoms. The lowest BCUT2D eigenvalue weighted by Crippen LogP contribution is -2.12. The number of hydrogen-bond acceptors (Lipinski definition) is 4. The highest BCUT2D eigenvalue weighted by atomic mass is 79.9. The number of nitrogens with one attached hydrogen (secondary N) is 2.